The van der Waals surface area contributed by atoms with Gasteiger partial charge in [0.05, 0.1) is 0 Å². The van der Waals surface area contributed by atoms with Crippen molar-refractivity contribution in [1.29, 1.82) is 0 Å². The summed E-state index contributed by atoms with van der Waals surface area (Å²) in [5, 5.41) is 3.51. The second-order valence-electron chi connectivity index (χ2n) is 5.64. The van der Waals surface area contributed by atoms with Crippen LogP contribution in [0.1, 0.15) is 31.4 Å². The van der Waals surface area contributed by atoms with Gasteiger partial charge in [0.25, 0.3) is 0 Å². The molecule has 0 unspecified atom stereocenters. The van der Waals surface area contributed by atoms with E-state index in [0.717, 1.165) is 31.8 Å². The summed E-state index contributed by atoms with van der Waals surface area (Å²) in [6, 6.07) is 6.08. The van der Waals surface area contributed by atoms with Crippen molar-refractivity contribution in [1.82, 2.24) is 5.32 Å². The first-order valence-corrected chi connectivity index (χ1v) is 6.50. The molecule has 3 heteroatoms. The lowest BCUT2D eigenvalue weighted by molar-refractivity contribution is 0.150. The quantitative estimate of drug-likeness (QED) is 0.731. The second-order valence-corrected chi connectivity index (χ2v) is 5.64. The van der Waals surface area contributed by atoms with E-state index in [1.807, 2.05) is 12.1 Å². The molecule has 0 aromatic heterocycles. The average Bonchev–Trinajstić information content (AvgIpc) is 2.32. The number of benzene rings is 1. The van der Waals surface area contributed by atoms with Gasteiger partial charge in [-0.25, -0.2) is 0 Å². The molecule has 0 bridgehead atoms. The fourth-order valence-electron chi connectivity index (χ4n) is 1.90. The van der Waals surface area contributed by atoms with Crippen LogP contribution in [0.25, 0.3) is 0 Å². The molecule has 0 heterocycles. The molecule has 0 fully saturated rings. The Morgan fingerprint density at radius 2 is 2.06 bits per heavy atom. The maximum atomic E-state index is 5.90. The standard InChI is InChI=1S/C15H26N2O/c1-12-13(6-5-7-14(12)16)10-17-11-15(2,3)8-9-18-4/h5-7,17H,8-11,16H2,1-4H3. The van der Waals surface area contributed by atoms with Crippen molar-refractivity contribution >= 4 is 5.69 Å². The van der Waals surface area contributed by atoms with Crippen molar-refractivity contribution in [3.05, 3.63) is 29.3 Å². The zero-order chi connectivity index (χ0) is 13.6. The fraction of sp³-hybridized carbons (Fsp3) is 0.600. The van der Waals surface area contributed by atoms with Gasteiger partial charge >= 0.3 is 0 Å². The van der Waals surface area contributed by atoms with Gasteiger partial charge in [-0.1, -0.05) is 26.0 Å². The lowest BCUT2D eigenvalue weighted by atomic mass is 9.89. The molecule has 1 rings (SSSR count). The largest absolute Gasteiger partial charge is 0.399 e. The zero-order valence-electron chi connectivity index (χ0n) is 12.0. The minimum Gasteiger partial charge on any atom is -0.399 e. The molecule has 0 spiro atoms. The van der Waals surface area contributed by atoms with E-state index in [-0.39, 0.29) is 5.41 Å². The van der Waals surface area contributed by atoms with E-state index in [2.05, 4.69) is 32.2 Å². The highest BCUT2D eigenvalue weighted by molar-refractivity contribution is 5.49. The van der Waals surface area contributed by atoms with E-state index < -0.39 is 0 Å². The highest BCUT2D eigenvalue weighted by Gasteiger charge is 2.16. The predicted octanol–water partition coefficient (Wildman–Crippen LogP) is 2.73. The van der Waals surface area contributed by atoms with Gasteiger partial charge in [-0.3, -0.25) is 0 Å². The maximum absolute atomic E-state index is 5.90. The molecule has 0 amide bonds. The Morgan fingerprint density at radius 3 is 2.72 bits per heavy atom. The Balaban J connectivity index is 2.44. The first-order valence-electron chi connectivity index (χ1n) is 6.50. The summed E-state index contributed by atoms with van der Waals surface area (Å²) in [5.74, 6) is 0. The first kappa shape index (κ1) is 15.0. The van der Waals surface area contributed by atoms with E-state index in [1.165, 1.54) is 11.1 Å². The Labute approximate surface area is 111 Å². The molecule has 0 aliphatic rings. The average molecular weight is 250 g/mol. The molecule has 0 radical (unpaired) electrons. The SMILES string of the molecule is COCCC(C)(C)CNCc1cccc(N)c1C. The minimum absolute atomic E-state index is 0.254. The van der Waals surface area contributed by atoms with Crippen LogP contribution < -0.4 is 11.1 Å². The lowest BCUT2D eigenvalue weighted by Crippen LogP contribution is -2.30. The highest BCUT2D eigenvalue weighted by atomic mass is 16.5. The number of ether oxygens (including phenoxy) is 1. The number of rotatable bonds is 7. The van der Waals surface area contributed by atoms with E-state index in [9.17, 15) is 0 Å². The van der Waals surface area contributed by atoms with Crippen LogP contribution in [0.15, 0.2) is 18.2 Å². The van der Waals surface area contributed by atoms with Crippen LogP contribution in [-0.4, -0.2) is 20.3 Å². The van der Waals surface area contributed by atoms with Crippen LogP contribution in [-0.2, 0) is 11.3 Å². The third-order valence-electron chi connectivity index (χ3n) is 3.39. The molecule has 102 valence electrons. The van der Waals surface area contributed by atoms with E-state index in [1.54, 1.807) is 7.11 Å². The number of nitrogens with one attached hydrogen (secondary N) is 1. The smallest absolute Gasteiger partial charge is 0.0467 e. The number of nitrogen functional groups attached to an aromatic ring is 1. The summed E-state index contributed by atoms with van der Waals surface area (Å²) in [7, 11) is 1.75. The summed E-state index contributed by atoms with van der Waals surface area (Å²) in [4.78, 5) is 0. The number of methoxy groups -OCH3 is 1. The normalized spacial score (nSPS) is 11.8. The van der Waals surface area contributed by atoms with Crippen molar-refractivity contribution in [2.75, 3.05) is 26.0 Å². The molecular formula is C15H26N2O. The van der Waals surface area contributed by atoms with Crippen molar-refractivity contribution < 1.29 is 4.74 Å². The molecule has 0 saturated carbocycles. The highest BCUT2D eigenvalue weighted by Crippen LogP contribution is 2.20. The number of hydrogen-bond donors (Lipinski definition) is 2. The molecule has 3 N–H and O–H groups in total. The van der Waals surface area contributed by atoms with Crippen molar-refractivity contribution in [3.8, 4) is 0 Å². The molecule has 0 aliphatic heterocycles. The van der Waals surface area contributed by atoms with Crippen LogP contribution in [0.2, 0.25) is 0 Å². The first-order chi connectivity index (χ1) is 8.46. The van der Waals surface area contributed by atoms with Crippen LogP contribution in [0.5, 0.6) is 0 Å². The summed E-state index contributed by atoms with van der Waals surface area (Å²) < 4.78 is 5.13. The van der Waals surface area contributed by atoms with Gasteiger partial charge in [0.2, 0.25) is 0 Å². The summed E-state index contributed by atoms with van der Waals surface area (Å²) in [6.07, 6.45) is 1.06. The molecule has 18 heavy (non-hydrogen) atoms. The molecule has 1 aromatic rings. The number of nitrogens with two attached hydrogens (primary N) is 1. The molecule has 3 nitrogen and oxygen atoms in total. The maximum Gasteiger partial charge on any atom is 0.0467 e. The number of hydrogen-bond acceptors (Lipinski definition) is 3. The van der Waals surface area contributed by atoms with Gasteiger partial charge in [-0.2, -0.15) is 0 Å². The Bertz CT molecular complexity index is 375. The fourth-order valence-corrected chi connectivity index (χ4v) is 1.90. The summed E-state index contributed by atoms with van der Waals surface area (Å²) in [5.41, 5.74) is 9.48. The predicted molar refractivity (Wildman–Crippen MR) is 77.6 cm³/mol. The Morgan fingerprint density at radius 1 is 1.33 bits per heavy atom. The molecule has 0 saturated heterocycles. The zero-order valence-corrected chi connectivity index (χ0v) is 12.0. The lowest BCUT2D eigenvalue weighted by Gasteiger charge is -2.25. The summed E-state index contributed by atoms with van der Waals surface area (Å²) in [6.45, 7) is 9.24. The van der Waals surface area contributed by atoms with Gasteiger partial charge < -0.3 is 15.8 Å². The Hall–Kier alpha value is -1.06. The third kappa shape index (κ3) is 4.67. The van der Waals surface area contributed by atoms with Gasteiger partial charge in [0, 0.05) is 32.5 Å². The van der Waals surface area contributed by atoms with Crippen LogP contribution in [0, 0.1) is 12.3 Å². The van der Waals surface area contributed by atoms with Gasteiger partial charge in [-0.15, -0.1) is 0 Å². The van der Waals surface area contributed by atoms with Crippen molar-refractivity contribution in [2.24, 2.45) is 5.41 Å². The molecule has 1 aromatic carbocycles. The molecule has 0 aliphatic carbocycles. The molecular weight excluding hydrogens is 224 g/mol. The van der Waals surface area contributed by atoms with Gasteiger partial charge in [-0.05, 0) is 36.0 Å². The topological polar surface area (TPSA) is 47.3 Å². The van der Waals surface area contributed by atoms with Crippen LogP contribution in [0.4, 0.5) is 5.69 Å². The minimum atomic E-state index is 0.254. The monoisotopic (exact) mass is 250 g/mol. The van der Waals surface area contributed by atoms with E-state index >= 15 is 0 Å². The Kier molecular flexibility index (Phi) is 5.63. The van der Waals surface area contributed by atoms with Gasteiger partial charge in [0.15, 0.2) is 0 Å². The van der Waals surface area contributed by atoms with Crippen LogP contribution in [0.3, 0.4) is 0 Å². The van der Waals surface area contributed by atoms with Crippen molar-refractivity contribution in [2.45, 2.75) is 33.7 Å². The van der Waals surface area contributed by atoms with Gasteiger partial charge in [0.1, 0.15) is 0 Å². The van der Waals surface area contributed by atoms with Crippen LogP contribution >= 0.6 is 0 Å². The van der Waals surface area contributed by atoms with E-state index in [0.29, 0.717) is 0 Å². The third-order valence-corrected chi connectivity index (χ3v) is 3.39. The van der Waals surface area contributed by atoms with E-state index in [4.69, 9.17) is 10.5 Å². The summed E-state index contributed by atoms with van der Waals surface area (Å²) >= 11 is 0. The molecule has 0 atom stereocenters. The van der Waals surface area contributed by atoms with Crippen molar-refractivity contribution in [3.63, 3.8) is 0 Å². The second kappa shape index (κ2) is 6.76. The number of anilines is 1.